The molecule has 6 nitrogen and oxygen atoms in total. The highest BCUT2D eigenvalue weighted by Crippen LogP contribution is 2.30. The number of pyridine rings is 1. The second-order valence-electron chi connectivity index (χ2n) is 4.57. The summed E-state index contributed by atoms with van der Waals surface area (Å²) in [6.07, 6.45) is 1.84. The number of hydrogen-bond donors (Lipinski definition) is 3. The van der Waals surface area contributed by atoms with Crippen LogP contribution in [0.5, 0.6) is 0 Å². The van der Waals surface area contributed by atoms with Gasteiger partial charge in [-0.1, -0.05) is 11.6 Å². The summed E-state index contributed by atoms with van der Waals surface area (Å²) in [7, 11) is 3.14. The third kappa shape index (κ3) is 1.48. The Morgan fingerprint density at radius 3 is 2.90 bits per heavy atom. The monoisotopic (exact) mass is 291 g/mol. The van der Waals surface area contributed by atoms with Gasteiger partial charge in [0.2, 0.25) is 5.52 Å². The summed E-state index contributed by atoms with van der Waals surface area (Å²) in [4.78, 5) is 14.6. The molecule has 0 fully saturated rings. The second kappa shape index (κ2) is 4.08. The topological polar surface area (TPSA) is 95.8 Å². The van der Waals surface area contributed by atoms with Gasteiger partial charge in [0.1, 0.15) is 18.4 Å². The number of aryl methyl sites for hydroxylation is 1. The highest BCUT2D eigenvalue weighted by molar-refractivity contribution is 6.35. The molecule has 0 atom stereocenters. The minimum atomic E-state index is -0.500. The molecule has 7 heteroatoms. The summed E-state index contributed by atoms with van der Waals surface area (Å²) in [6, 6.07) is 1.67. The lowest BCUT2D eigenvalue weighted by Crippen LogP contribution is -2.26. The average molecular weight is 292 g/mol. The summed E-state index contributed by atoms with van der Waals surface area (Å²) in [5.41, 5.74) is 7.83. The molecular weight excluding hydrogens is 280 g/mol. The van der Waals surface area contributed by atoms with Gasteiger partial charge in [-0.15, -0.1) is 0 Å². The molecule has 20 heavy (non-hydrogen) atoms. The quantitative estimate of drug-likeness (QED) is 0.356. The third-order valence-electron chi connectivity index (χ3n) is 3.39. The van der Waals surface area contributed by atoms with Crippen LogP contribution >= 0.6 is 11.6 Å². The number of nitrogen functional groups attached to an aromatic ring is 1. The maximum atomic E-state index is 11.7. The Kier molecular flexibility index (Phi) is 2.58. The van der Waals surface area contributed by atoms with Gasteiger partial charge in [0.15, 0.2) is 6.20 Å². The fourth-order valence-electron chi connectivity index (χ4n) is 2.49. The molecule has 0 aliphatic carbocycles. The van der Waals surface area contributed by atoms with Crippen molar-refractivity contribution in [3.8, 4) is 0 Å². The van der Waals surface area contributed by atoms with E-state index in [0.717, 1.165) is 16.3 Å². The number of H-pyrrole nitrogens is 1. The third-order valence-corrected chi connectivity index (χ3v) is 3.78. The highest BCUT2D eigenvalue weighted by Gasteiger charge is 2.24. The molecule has 3 rings (SSSR count). The summed E-state index contributed by atoms with van der Waals surface area (Å²) >= 11 is 6.11. The standard InChI is InChI=1S/C13H11ClN4O2/c1-18-4-5-3-6(13(19)20-2)17-11-7(5)12(18)10(16)8(14)9(11)15/h3-4H,1-2H3,(H3,15,16)/p+1. The lowest BCUT2D eigenvalue weighted by molar-refractivity contribution is -0.641. The van der Waals surface area contributed by atoms with E-state index in [-0.39, 0.29) is 16.1 Å². The Bertz CT molecular complexity index is 916. The Morgan fingerprint density at radius 1 is 1.55 bits per heavy atom. The fraction of sp³-hybridized carbons (Fsp3) is 0.154. The predicted molar refractivity (Wildman–Crippen MR) is 74.8 cm³/mol. The van der Waals surface area contributed by atoms with Crippen LogP contribution in [0, 0.1) is 5.41 Å². The van der Waals surface area contributed by atoms with Crippen LogP contribution in [0.15, 0.2) is 12.3 Å². The molecule has 0 aliphatic heterocycles. The van der Waals surface area contributed by atoms with E-state index in [1.807, 2.05) is 17.8 Å². The van der Waals surface area contributed by atoms with Crippen LogP contribution in [0.1, 0.15) is 10.5 Å². The lowest BCUT2D eigenvalue weighted by Gasteiger charge is -2.05. The number of anilines is 1. The van der Waals surface area contributed by atoms with Gasteiger partial charge >= 0.3 is 5.97 Å². The number of methoxy groups -OCH3 is 1. The van der Waals surface area contributed by atoms with Gasteiger partial charge in [-0.3, -0.25) is 5.41 Å². The molecule has 2 heterocycles. The van der Waals surface area contributed by atoms with Gasteiger partial charge < -0.3 is 15.5 Å². The van der Waals surface area contributed by atoms with Crippen molar-refractivity contribution in [1.29, 1.82) is 5.41 Å². The zero-order valence-corrected chi connectivity index (χ0v) is 11.6. The fourth-order valence-corrected chi connectivity index (χ4v) is 2.68. The SMILES string of the molecule is COC(=O)c1cc2c[n+](C)c3c(N)c(Cl)c(=N)c([nH]1)c23. The van der Waals surface area contributed by atoms with Crippen LogP contribution < -0.4 is 15.7 Å². The number of carbonyl (C=O) groups is 1. The second-order valence-corrected chi connectivity index (χ2v) is 4.95. The molecule has 0 spiro atoms. The number of aromatic nitrogens is 2. The van der Waals surface area contributed by atoms with Crippen LogP contribution in [0.2, 0.25) is 5.02 Å². The summed E-state index contributed by atoms with van der Waals surface area (Å²) in [5.74, 6) is -0.500. The van der Waals surface area contributed by atoms with Crippen LogP contribution in [-0.2, 0) is 11.8 Å². The van der Waals surface area contributed by atoms with Gasteiger partial charge in [-0.2, -0.15) is 4.57 Å². The number of aromatic amines is 1. The molecule has 0 unspecified atom stereocenters. The van der Waals surface area contributed by atoms with Crippen molar-refractivity contribution in [3.63, 3.8) is 0 Å². The molecular formula is C13H12ClN4O2+. The molecule has 2 aromatic heterocycles. The first-order valence-electron chi connectivity index (χ1n) is 5.84. The Hall–Kier alpha value is -2.34. The smallest absolute Gasteiger partial charge is 0.354 e. The lowest BCUT2D eigenvalue weighted by atomic mass is 10.1. The van der Waals surface area contributed by atoms with Crippen LogP contribution in [-0.4, -0.2) is 18.1 Å². The van der Waals surface area contributed by atoms with E-state index in [4.69, 9.17) is 27.5 Å². The van der Waals surface area contributed by atoms with Crippen molar-refractivity contribution in [1.82, 2.24) is 4.98 Å². The number of nitrogens with one attached hydrogen (secondary N) is 2. The van der Waals surface area contributed by atoms with Crippen molar-refractivity contribution in [2.45, 2.75) is 0 Å². The van der Waals surface area contributed by atoms with E-state index in [0.29, 0.717) is 11.2 Å². The summed E-state index contributed by atoms with van der Waals surface area (Å²) < 4.78 is 6.53. The summed E-state index contributed by atoms with van der Waals surface area (Å²) in [6.45, 7) is 0. The number of halogens is 1. The molecule has 0 saturated carbocycles. The van der Waals surface area contributed by atoms with Gasteiger partial charge in [0, 0.05) is 0 Å². The van der Waals surface area contributed by atoms with E-state index >= 15 is 0 Å². The zero-order chi connectivity index (χ0) is 14.6. The van der Waals surface area contributed by atoms with Crippen molar-refractivity contribution in [2.75, 3.05) is 12.8 Å². The molecule has 102 valence electrons. The van der Waals surface area contributed by atoms with E-state index in [2.05, 4.69) is 4.98 Å². The Labute approximate surface area is 118 Å². The largest absolute Gasteiger partial charge is 0.464 e. The van der Waals surface area contributed by atoms with Crippen molar-refractivity contribution in [2.24, 2.45) is 7.05 Å². The molecule has 0 bridgehead atoms. The minimum absolute atomic E-state index is 0.0682. The van der Waals surface area contributed by atoms with Crippen molar-refractivity contribution < 1.29 is 14.1 Å². The van der Waals surface area contributed by atoms with E-state index in [1.54, 1.807) is 6.07 Å². The predicted octanol–water partition coefficient (Wildman–Crippen LogP) is 1.09. The van der Waals surface area contributed by atoms with E-state index < -0.39 is 5.97 Å². The molecule has 4 N–H and O–H groups in total. The number of nitrogens with zero attached hydrogens (tertiary/aromatic N) is 1. The number of nitrogens with two attached hydrogens (primary N) is 1. The minimum Gasteiger partial charge on any atom is -0.464 e. The molecule has 3 aromatic rings. The summed E-state index contributed by atoms with van der Waals surface area (Å²) in [5, 5.41) is 9.90. The first-order valence-corrected chi connectivity index (χ1v) is 6.22. The van der Waals surface area contributed by atoms with Gasteiger partial charge in [-0.25, -0.2) is 4.79 Å². The highest BCUT2D eigenvalue weighted by atomic mass is 35.5. The molecule has 0 radical (unpaired) electrons. The number of carbonyl (C=O) groups excluding carboxylic acids is 1. The van der Waals surface area contributed by atoms with E-state index in [1.165, 1.54) is 7.11 Å². The normalized spacial score (nSPS) is 11.3. The van der Waals surface area contributed by atoms with E-state index in [9.17, 15) is 4.79 Å². The number of ether oxygens (including phenoxy) is 1. The molecule has 0 amide bonds. The van der Waals surface area contributed by atoms with Crippen molar-refractivity contribution >= 4 is 45.1 Å². The number of hydrogen-bond acceptors (Lipinski definition) is 4. The number of benzene rings is 1. The molecule has 1 aromatic carbocycles. The Morgan fingerprint density at radius 2 is 2.25 bits per heavy atom. The van der Waals surface area contributed by atoms with Crippen LogP contribution in [0.4, 0.5) is 5.69 Å². The molecule has 0 saturated heterocycles. The number of rotatable bonds is 1. The van der Waals surface area contributed by atoms with Gasteiger partial charge in [0.05, 0.1) is 33.8 Å². The van der Waals surface area contributed by atoms with Gasteiger partial charge in [0.25, 0.3) is 0 Å². The first kappa shape index (κ1) is 12.7. The number of esters is 1. The maximum absolute atomic E-state index is 11.7. The van der Waals surface area contributed by atoms with Crippen molar-refractivity contribution in [3.05, 3.63) is 28.3 Å². The maximum Gasteiger partial charge on any atom is 0.354 e. The molecule has 0 aliphatic rings. The Balaban J connectivity index is 2.59. The van der Waals surface area contributed by atoms with Gasteiger partial charge in [-0.05, 0) is 6.07 Å². The average Bonchev–Trinajstić information content (AvgIpc) is 2.77. The van der Waals surface area contributed by atoms with Crippen LogP contribution in [0.25, 0.3) is 21.8 Å². The van der Waals surface area contributed by atoms with Crippen LogP contribution in [0.3, 0.4) is 0 Å². The first-order chi connectivity index (χ1) is 9.45. The zero-order valence-electron chi connectivity index (χ0n) is 10.9.